The van der Waals surface area contributed by atoms with Gasteiger partial charge in [0.05, 0.1) is 31.4 Å². The van der Waals surface area contributed by atoms with Crippen LogP contribution in [0.15, 0.2) is 59.7 Å². The van der Waals surface area contributed by atoms with Crippen molar-refractivity contribution in [1.29, 1.82) is 0 Å². The first kappa shape index (κ1) is 22.2. The maximum atomic E-state index is 12.9. The highest BCUT2D eigenvalue weighted by molar-refractivity contribution is 6.42. The van der Waals surface area contributed by atoms with Gasteiger partial charge in [-0.25, -0.2) is 4.98 Å². The number of non-ortho nitro benzene ring substituents is 1. The summed E-state index contributed by atoms with van der Waals surface area (Å²) in [4.78, 5) is 47.0. The fourth-order valence-corrected chi connectivity index (χ4v) is 3.35. The molecule has 4 rings (SSSR count). The molecule has 0 aliphatic carbocycles. The molecule has 0 fully saturated rings. The van der Waals surface area contributed by atoms with Crippen LogP contribution in [0.25, 0.3) is 10.9 Å². The van der Waals surface area contributed by atoms with Gasteiger partial charge in [-0.15, -0.1) is 0 Å². The number of amides is 1. The van der Waals surface area contributed by atoms with Gasteiger partial charge in [-0.2, -0.15) is 0 Å². The maximum absolute atomic E-state index is 12.9. The third-order valence-electron chi connectivity index (χ3n) is 4.64. The second kappa shape index (κ2) is 9.23. The Hall–Kier alpha value is -4.02. The van der Waals surface area contributed by atoms with Crippen molar-refractivity contribution >= 4 is 57.3 Å². The molecule has 0 saturated carbocycles. The van der Waals surface area contributed by atoms with Gasteiger partial charge in [0.2, 0.25) is 5.95 Å². The first-order valence-electron chi connectivity index (χ1n) is 9.43. The molecular formula is C21H14Cl2N6O4. The normalized spacial score (nSPS) is 10.7. The van der Waals surface area contributed by atoms with Crippen LogP contribution in [-0.2, 0) is 6.54 Å². The summed E-state index contributed by atoms with van der Waals surface area (Å²) in [5.74, 6) is -0.609. The van der Waals surface area contributed by atoms with Gasteiger partial charge in [-0.3, -0.25) is 29.7 Å². The number of pyridine rings is 1. The van der Waals surface area contributed by atoms with E-state index >= 15 is 0 Å². The molecule has 166 valence electrons. The van der Waals surface area contributed by atoms with Crippen molar-refractivity contribution in [1.82, 2.24) is 20.3 Å². The van der Waals surface area contributed by atoms with Crippen molar-refractivity contribution in [3.63, 3.8) is 0 Å². The number of nitrogens with zero attached hydrogens (tertiary/aromatic N) is 3. The Labute approximate surface area is 195 Å². The summed E-state index contributed by atoms with van der Waals surface area (Å²) in [6.45, 7) is 0.156. The number of carbonyl (C=O) groups excluding carboxylic acids is 1. The smallest absolute Gasteiger partial charge is 0.271 e. The standard InChI is InChI=1S/C21H14Cl2N6O4/c22-16-2-1-12(7-17(16)23)26-21-27-18-14(19(30)25-10-11-3-5-24-6-4-11)8-13(29(32)33)9-15(18)20(31)28-21/h1-9H,10H2,(H,25,30)(H2,26,27,28,31). The third kappa shape index (κ3) is 4.92. The van der Waals surface area contributed by atoms with Crippen molar-refractivity contribution in [2.24, 2.45) is 0 Å². The summed E-state index contributed by atoms with van der Waals surface area (Å²) in [6.07, 6.45) is 3.15. The van der Waals surface area contributed by atoms with Crippen molar-refractivity contribution < 1.29 is 9.72 Å². The van der Waals surface area contributed by atoms with Gasteiger partial charge in [0, 0.05) is 36.8 Å². The van der Waals surface area contributed by atoms with E-state index in [0.29, 0.717) is 10.7 Å². The van der Waals surface area contributed by atoms with E-state index < -0.39 is 22.1 Å². The molecule has 0 bridgehead atoms. The number of benzene rings is 2. The molecule has 2 aromatic carbocycles. The monoisotopic (exact) mass is 484 g/mol. The molecular weight excluding hydrogens is 471 g/mol. The molecule has 2 aromatic heterocycles. The number of halogens is 2. The first-order valence-corrected chi connectivity index (χ1v) is 10.2. The molecule has 10 nitrogen and oxygen atoms in total. The van der Waals surface area contributed by atoms with Gasteiger partial charge in [0.1, 0.15) is 0 Å². The number of aromatic amines is 1. The number of aromatic nitrogens is 3. The van der Waals surface area contributed by atoms with Crippen LogP contribution in [0, 0.1) is 10.1 Å². The number of carbonyl (C=O) groups is 1. The van der Waals surface area contributed by atoms with E-state index in [0.717, 1.165) is 17.7 Å². The Morgan fingerprint density at radius 3 is 2.55 bits per heavy atom. The zero-order valence-corrected chi connectivity index (χ0v) is 18.1. The minimum atomic E-state index is -0.680. The Bertz CT molecular complexity index is 1440. The summed E-state index contributed by atoms with van der Waals surface area (Å²) in [5.41, 5.74) is 0.0811. The lowest BCUT2D eigenvalue weighted by atomic mass is 10.1. The topological polar surface area (TPSA) is 143 Å². The lowest BCUT2D eigenvalue weighted by molar-refractivity contribution is -0.384. The number of nitro groups is 1. The van der Waals surface area contributed by atoms with E-state index in [9.17, 15) is 19.7 Å². The molecule has 0 spiro atoms. The lowest BCUT2D eigenvalue weighted by Gasteiger charge is -2.10. The van der Waals surface area contributed by atoms with Crippen LogP contribution in [0.3, 0.4) is 0 Å². The minimum Gasteiger partial charge on any atom is -0.348 e. The fourth-order valence-electron chi connectivity index (χ4n) is 3.05. The SMILES string of the molecule is O=C(NCc1ccncc1)c1cc([N+](=O)[O-])cc2c(=O)[nH]c(Nc3ccc(Cl)c(Cl)c3)nc12. The maximum Gasteiger partial charge on any atom is 0.271 e. The van der Waals surface area contributed by atoms with Crippen molar-refractivity contribution in [3.05, 3.63) is 96.5 Å². The number of fused-ring (bicyclic) bond motifs is 1. The summed E-state index contributed by atoms with van der Waals surface area (Å²) in [6, 6.07) is 10.3. The van der Waals surface area contributed by atoms with Crippen molar-refractivity contribution in [2.45, 2.75) is 6.54 Å². The molecule has 12 heteroatoms. The van der Waals surface area contributed by atoms with Crippen molar-refractivity contribution in [2.75, 3.05) is 5.32 Å². The van der Waals surface area contributed by atoms with Gasteiger partial charge in [-0.1, -0.05) is 23.2 Å². The van der Waals surface area contributed by atoms with E-state index in [2.05, 4.69) is 25.6 Å². The van der Waals surface area contributed by atoms with E-state index in [1.807, 2.05) is 0 Å². The average molecular weight is 485 g/mol. The van der Waals surface area contributed by atoms with Crippen LogP contribution in [0.4, 0.5) is 17.3 Å². The summed E-state index contributed by atoms with van der Waals surface area (Å²) in [5, 5.41) is 17.5. The van der Waals surface area contributed by atoms with E-state index in [1.165, 1.54) is 6.07 Å². The quantitative estimate of drug-likeness (QED) is 0.274. The molecule has 0 unspecified atom stereocenters. The number of anilines is 2. The third-order valence-corrected chi connectivity index (χ3v) is 5.37. The zero-order valence-electron chi connectivity index (χ0n) is 16.6. The number of nitro benzene ring substituents is 1. The number of rotatable bonds is 6. The Kier molecular flexibility index (Phi) is 6.20. The molecule has 1 amide bonds. The van der Waals surface area contributed by atoms with Gasteiger partial charge < -0.3 is 10.6 Å². The summed E-state index contributed by atoms with van der Waals surface area (Å²) in [7, 11) is 0. The van der Waals surface area contributed by atoms with Gasteiger partial charge in [-0.05, 0) is 35.9 Å². The largest absolute Gasteiger partial charge is 0.348 e. The van der Waals surface area contributed by atoms with E-state index in [1.54, 1.807) is 36.7 Å². The highest BCUT2D eigenvalue weighted by Gasteiger charge is 2.20. The lowest BCUT2D eigenvalue weighted by Crippen LogP contribution is -2.24. The Morgan fingerprint density at radius 1 is 1.09 bits per heavy atom. The first-order chi connectivity index (χ1) is 15.8. The van der Waals surface area contributed by atoms with Crippen LogP contribution in [0.1, 0.15) is 15.9 Å². The molecule has 3 N–H and O–H groups in total. The van der Waals surface area contributed by atoms with E-state index in [-0.39, 0.29) is 34.0 Å². The van der Waals surface area contributed by atoms with Gasteiger partial charge in [0.25, 0.3) is 17.2 Å². The predicted molar refractivity (Wildman–Crippen MR) is 124 cm³/mol. The zero-order chi connectivity index (χ0) is 23.5. The summed E-state index contributed by atoms with van der Waals surface area (Å²) >= 11 is 11.9. The van der Waals surface area contributed by atoms with Crippen molar-refractivity contribution in [3.8, 4) is 0 Å². The highest BCUT2D eigenvalue weighted by atomic mass is 35.5. The fraction of sp³-hybridized carbons (Fsp3) is 0.0476. The highest BCUT2D eigenvalue weighted by Crippen LogP contribution is 2.27. The molecule has 33 heavy (non-hydrogen) atoms. The van der Waals surface area contributed by atoms with Gasteiger partial charge in [0.15, 0.2) is 0 Å². The Balaban J connectivity index is 1.75. The molecule has 4 aromatic rings. The number of hydrogen-bond acceptors (Lipinski definition) is 7. The number of nitrogens with one attached hydrogen (secondary N) is 3. The molecule has 0 aliphatic heterocycles. The van der Waals surface area contributed by atoms with Crippen LogP contribution in [0.5, 0.6) is 0 Å². The predicted octanol–water partition coefficient (Wildman–Crippen LogP) is 4.21. The van der Waals surface area contributed by atoms with Gasteiger partial charge >= 0.3 is 0 Å². The van der Waals surface area contributed by atoms with E-state index in [4.69, 9.17) is 23.2 Å². The number of H-pyrrole nitrogens is 1. The molecule has 0 saturated heterocycles. The number of hydrogen-bond donors (Lipinski definition) is 3. The van der Waals surface area contributed by atoms with Crippen LogP contribution in [-0.4, -0.2) is 25.8 Å². The van der Waals surface area contributed by atoms with Crippen LogP contribution >= 0.6 is 23.2 Å². The molecule has 0 atom stereocenters. The Morgan fingerprint density at radius 2 is 1.85 bits per heavy atom. The van der Waals surface area contributed by atoms with Crippen LogP contribution < -0.4 is 16.2 Å². The molecule has 2 heterocycles. The average Bonchev–Trinajstić information content (AvgIpc) is 2.80. The molecule has 0 radical (unpaired) electrons. The van der Waals surface area contributed by atoms with Crippen LogP contribution in [0.2, 0.25) is 10.0 Å². The second-order valence-electron chi connectivity index (χ2n) is 6.85. The second-order valence-corrected chi connectivity index (χ2v) is 7.67. The summed E-state index contributed by atoms with van der Waals surface area (Å²) < 4.78 is 0. The molecule has 0 aliphatic rings. The minimum absolute atomic E-state index is 0.000797.